The Bertz CT molecular complexity index is 738. The second kappa shape index (κ2) is 7.20. The fourth-order valence-electron chi connectivity index (χ4n) is 2.12. The van der Waals surface area contributed by atoms with E-state index in [0.29, 0.717) is 18.8 Å². The normalized spacial score (nSPS) is 12.8. The molecule has 0 saturated carbocycles. The zero-order valence-electron chi connectivity index (χ0n) is 12.9. The number of hydrogen-bond acceptors (Lipinski definition) is 7. The van der Waals surface area contributed by atoms with E-state index in [2.05, 4.69) is 20.3 Å². The van der Waals surface area contributed by atoms with Gasteiger partial charge in [-0.1, -0.05) is 13.8 Å². The predicted molar refractivity (Wildman–Crippen MR) is 82.8 cm³/mol. The molecule has 0 fully saturated rings. The molecule has 2 rings (SSSR count). The van der Waals surface area contributed by atoms with Gasteiger partial charge in [-0.2, -0.15) is 4.98 Å². The van der Waals surface area contributed by atoms with Gasteiger partial charge in [0.05, 0.1) is 12.9 Å². The summed E-state index contributed by atoms with van der Waals surface area (Å²) in [6.07, 6.45) is 1.44. The number of ether oxygens (including phenoxy) is 1. The summed E-state index contributed by atoms with van der Waals surface area (Å²) in [5.74, 6) is -0.907. The molecule has 0 aliphatic heterocycles. The molecular formula is C13H20N6O4. The highest BCUT2D eigenvalue weighted by molar-refractivity contribution is 5.73. The number of imidazole rings is 1. The molecule has 2 heterocycles. The van der Waals surface area contributed by atoms with Gasteiger partial charge in [0.2, 0.25) is 5.95 Å². The second-order valence-corrected chi connectivity index (χ2v) is 5.39. The molecule has 10 heteroatoms. The van der Waals surface area contributed by atoms with Crippen molar-refractivity contribution in [2.45, 2.75) is 26.6 Å². The zero-order chi connectivity index (χ0) is 17.0. The van der Waals surface area contributed by atoms with Crippen LogP contribution in [0.25, 0.3) is 11.2 Å². The Morgan fingerprint density at radius 1 is 1.57 bits per heavy atom. The maximum Gasteiger partial charge on any atom is 0.320 e. The minimum atomic E-state index is -0.889. The van der Waals surface area contributed by atoms with Crippen LogP contribution >= 0.6 is 0 Å². The predicted octanol–water partition coefficient (Wildman–Crippen LogP) is -0.625. The zero-order valence-corrected chi connectivity index (χ0v) is 12.9. The van der Waals surface area contributed by atoms with E-state index in [-0.39, 0.29) is 24.1 Å². The number of nitrogens with zero attached hydrogens (tertiary/aromatic N) is 3. The molecule has 0 bridgehead atoms. The van der Waals surface area contributed by atoms with Gasteiger partial charge in [0.1, 0.15) is 12.8 Å². The molecule has 23 heavy (non-hydrogen) atoms. The number of carbonyl (C=O) groups is 1. The lowest BCUT2D eigenvalue weighted by Crippen LogP contribution is -2.42. The molecule has 2 aromatic heterocycles. The Morgan fingerprint density at radius 2 is 2.30 bits per heavy atom. The van der Waals surface area contributed by atoms with Crippen LogP contribution in [0.5, 0.6) is 0 Å². The molecule has 0 aliphatic rings. The number of fused-ring (bicyclic) bond motifs is 1. The average molecular weight is 324 g/mol. The summed E-state index contributed by atoms with van der Waals surface area (Å²) in [5, 5.41) is 12.0. The molecule has 0 aromatic carbocycles. The number of H-pyrrole nitrogens is 1. The van der Waals surface area contributed by atoms with Crippen molar-refractivity contribution in [1.29, 1.82) is 0 Å². The van der Waals surface area contributed by atoms with Crippen molar-refractivity contribution in [3.63, 3.8) is 0 Å². The lowest BCUT2D eigenvalue weighted by molar-refractivity contribution is -0.140. The standard InChI is InChI=1S/C13H20N6O4/c1-7(2)8(12(21)22)15-3-4-23-6-19-5-16-9-10(19)17-13(14)18-11(9)20/h5,7-8,15H,3-4,6H2,1-2H3,(H,21,22)(H3,14,17,18,20)/t8-/m0/s1. The first-order valence-electron chi connectivity index (χ1n) is 7.14. The van der Waals surface area contributed by atoms with Crippen molar-refractivity contribution in [1.82, 2.24) is 24.8 Å². The number of nitrogens with two attached hydrogens (primary N) is 1. The Morgan fingerprint density at radius 3 is 2.96 bits per heavy atom. The van der Waals surface area contributed by atoms with Gasteiger partial charge in [-0.05, 0) is 5.92 Å². The lowest BCUT2D eigenvalue weighted by Gasteiger charge is -2.17. The van der Waals surface area contributed by atoms with E-state index < -0.39 is 17.6 Å². The highest BCUT2D eigenvalue weighted by Crippen LogP contribution is 2.06. The van der Waals surface area contributed by atoms with Crippen molar-refractivity contribution in [2.75, 3.05) is 18.9 Å². The van der Waals surface area contributed by atoms with Crippen molar-refractivity contribution in [3.8, 4) is 0 Å². The first-order chi connectivity index (χ1) is 10.9. The summed E-state index contributed by atoms with van der Waals surface area (Å²) in [7, 11) is 0. The third-order valence-corrected chi connectivity index (χ3v) is 3.27. The third kappa shape index (κ3) is 4.05. The number of nitrogen functional groups attached to an aromatic ring is 1. The van der Waals surface area contributed by atoms with Crippen LogP contribution in [-0.4, -0.2) is 49.8 Å². The van der Waals surface area contributed by atoms with Crippen LogP contribution in [0.2, 0.25) is 0 Å². The third-order valence-electron chi connectivity index (χ3n) is 3.27. The quantitative estimate of drug-likeness (QED) is 0.469. The summed E-state index contributed by atoms with van der Waals surface area (Å²) in [6.45, 7) is 4.48. The molecule has 0 saturated heterocycles. The number of carboxylic acids is 1. The monoisotopic (exact) mass is 324 g/mol. The van der Waals surface area contributed by atoms with Gasteiger partial charge in [-0.15, -0.1) is 0 Å². The van der Waals surface area contributed by atoms with E-state index >= 15 is 0 Å². The fraction of sp³-hybridized carbons (Fsp3) is 0.538. The van der Waals surface area contributed by atoms with Crippen LogP contribution in [0.3, 0.4) is 0 Å². The van der Waals surface area contributed by atoms with Crippen LogP contribution in [0.4, 0.5) is 5.95 Å². The summed E-state index contributed by atoms with van der Waals surface area (Å²) in [4.78, 5) is 33.0. The Hall–Kier alpha value is -2.46. The number of rotatable bonds is 8. The summed E-state index contributed by atoms with van der Waals surface area (Å²) >= 11 is 0. The van der Waals surface area contributed by atoms with E-state index in [9.17, 15) is 9.59 Å². The SMILES string of the molecule is CC(C)[C@H](NCCOCn1cnc2c(=O)[nH]c(N)nc21)C(=O)O. The largest absolute Gasteiger partial charge is 0.480 e. The van der Waals surface area contributed by atoms with E-state index in [4.69, 9.17) is 15.6 Å². The van der Waals surface area contributed by atoms with E-state index in [1.165, 1.54) is 6.33 Å². The van der Waals surface area contributed by atoms with Crippen LogP contribution in [-0.2, 0) is 16.3 Å². The molecule has 0 aliphatic carbocycles. The van der Waals surface area contributed by atoms with Crippen LogP contribution in [0, 0.1) is 5.92 Å². The molecule has 5 N–H and O–H groups in total. The second-order valence-electron chi connectivity index (χ2n) is 5.39. The van der Waals surface area contributed by atoms with Crippen LogP contribution in [0.15, 0.2) is 11.1 Å². The molecule has 0 unspecified atom stereocenters. The van der Waals surface area contributed by atoms with E-state index in [0.717, 1.165) is 0 Å². The van der Waals surface area contributed by atoms with Crippen LogP contribution < -0.4 is 16.6 Å². The number of nitrogens with one attached hydrogen (secondary N) is 2. The topological polar surface area (TPSA) is 148 Å². The first kappa shape index (κ1) is 16.9. The molecular weight excluding hydrogens is 304 g/mol. The highest BCUT2D eigenvalue weighted by atomic mass is 16.5. The van der Waals surface area contributed by atoms with Gasteiger partial charge in [0.15, 0.2) is 11.2 Å². The minimum absolute atomic E-state index is 0.00662. The number of aromatic amines is 1. The highest BCUT2D eigenvalue weighted by Gasteiger charge is 2.20. The fourth-order valence-corrected chi connectivity index (χ4v) is 2.12. The van der Waals surface area contributed by atoms with Gasteiger partial charge in [-0.3, -0.25) is 19.1 Å². The Balaban J connectivity index is 1.88. The summed E-state index contributed by atoms with van der Waals surface area (Å²) < 4.78 is 7.00. The van der Waals surface area contributed by atoms with E-state index in [1.807, 2.05) is 13.8 Å². The smallest absolute Gasteiger partial charge is 0.320 e. The van der Waals surface area contributed by atoms with Gasteiger partial charge in [0, 0.05) is 6.54 Å². The molecule has 0 amide bonds. The lowest BCUT2D eigenvalue weighted by atomic mass is 10.1. The van der Waals surface area contributed by atoms with Crippen molar-refractivity contribution < 1.29 is 14.6 Å². The maximum absolute atomic E-state index is 11.6. The van der Waals surface area contributed by atoms with Crippen molar-refractivity contribution in [2.24, 2.45) is 5.92 Å². The number of aliphatic carboxylic acids is 1. The number of hydrogen-bond donors (Lipinski definition) is 4. The molecule has 0 radical (unpaired) electrons. The molecule has 2 aromatic rings. The number of carboxylic acid groups (broad SMARTS) is 1. The maximum atomic E-state index is 11.6. The molecule has 10 nitrogen and oxygen atoms in total. The van der Waals surface area contributed by atoms with Gasteiger partial charge >= 0.3 is 5.97 Å². The van der Waals surface area contributed by atoms with Crippen molar-refractivity contribution in [3.05, 3.63) is 16.7 Å². The van der Waals surface area contributed by atoms with Gasteiger partial charge in [-0.25, -0.2) is 4.98 Å². The molecule has 1 atom stereocenters. The Kier molecular flexibility index (Phi) is 5.29. The van der Waals surface area contributed by atoms with Gasteiger partial charge < -0.3 is 20.9 Å². The van der Waals surface area contributed by atoms with Gasteiger partial charge in [0.25, 0.3) is 5.56 Å². The Labute approximate surface area is 131 Å². The number of anilines is 1. The number of aromatic nitrogens is 4. The summed E-state index contributed by atoms with van der Waals surface area (Å²) in [6, 6.07) is -0.618. The minimum Gasteiger partial charge on any atom is -0.480 e. The average Bonchev–Trinajstić information content (AvgIpc) is 2.85. The molecule has 0 spiro atoms. The van der Waals surface area contributed by atoms with E-state index in [1.54, 1.807) is 4.57 Å². The van der Waals surface area contributed by atoms with Crippen molar-refractivity contribution >= 4 is 23.1 Å². The summed E-state index contributed by atoms with van der Waals surface area (Å²) in [5.41, 5.74) is 5.62. The molecule has 126 valence electrons. The van der Waals surface area contributed by atoms with Crippen LogP contribution in [0.1, 0.15) is 13.8 Å². The first-order valence-corrected chi connectivity index (χ1v) is 7.14.